The van der Waals surface area contributed by atoms with Gasteiger partial charge in [-0.3, -0.25) is 4.48 Å². The van der Waals surface area contributed by atoms with Crippen LogP contribution in [0.15, 0.2) is 24.8 Å². The van der Waals surface area contributed by atoms with Crippen LogP contribution in [0, 0.1) is 0 Å². The topological polar surface area (TPSA) is 7.76 Å². The molecule has 1 heterocycles. The molecule has 0 spiro atoms. The third-order valence-electron chi connectivity index (χ3n) is 1.85. The Morgan fingerprint density at radius 1 is 0.923 bits per heavy atom. The van der Waals surface area contributed by atoms with Crippen molar-refractivity contribution < 1.29 is 13.6 Å². The first-order chi connectivity index (χ1) is 6.01. The van der Waals surface area contributed by atoms with E-state index in [4.69, 9.17) is 0 Å². The van der Waals surface area contributed by atoms with Crippen molar-refractivity contribution in [3.63, 3.8) is 0 Å². The van der Waals surface area contributed by atoms with E-state index in [0.29, 0.717) is 0 Å². The second-order valence-corrected chi connectivity index (χ2v) is 4.37. The lowest BCUT2D eigenvalue weighted by Crippen LogP contribution is -2.51. The molecule has 3 heteroatoms. The fraction of sp³-hybridized carbons (Fsp3) is 0.600. The average molecular weight is 182 g/mol. The van der Waals surface area contributed by atoms with Gasteiger partial charge in [-0.15, -0.1) is 4.57 Å². The second kappa shape index (κ2) is 3.83. The SMILES string of the molecule is CC[n+]1cc[n+](C[N+](C)(C)C)cc1. The first-order valence-electron chi connectivity index (χ1n) is 4.70. The molecule has 0 aromatic carbocycles. The number of hydrogen-bond acceptors (Lipinski definition) is 0. The summed E-state index contributed by atoms with van der Waals surface area (Å²) in [6.07, 6.45) is 8.45. The van der Waals surface area contributed by atoms with E-state index in [1.54, 1.807) is 0 Å². The maximum atomic E-state index is 2.20. The zero-order chi connectivity index (χ0) is 9.90. The summed E-state index contributed by atoms with van der Waals surface area (Å²) in [5.74, 6) is 0. The lowest BCUT2D eigenvalue weighted by Gasteiger charge is -2.18. The summed E-state index contributed by atoms with van der Waals surface area (Å²) in [5, 5.41) is 0. The Kier molecular flexibility index (Phi) is 2.98. The highest BCUT2D eigenvalue weighted by Gasteiger charge is 2.14. The summed E-state index contributed by atoms with van der Waals surface area (Å²) in [4.78, 5) is 0. The van der Waals surface area contributed by atoms with E-state index in [0.717, 1.165) is 17.7 Å². The van der Waals surface area contributed by atoms with Crippen LogP contribution in [0.2, 0.25) is 0 Å². The highest BCUT2D eigenvalue weighted by atomic mass is 15.4. The molecule has 0 radical (unpaired) electrons. The van der Waals surface area contributed by atoms with E-state index in [2.05, 4.69) is 62.0 Å². The van der Waals surface area contributed by atoms with Crippen LogP contribution in [-0.4, -0.2) is 25.6 Å². The van der Waals surface area contributed by atoms with Gasteiger partial charge in [-0.2, -0.15) is 4.57 Å². The lowest BCUT2D eigenvalue weighted by molar-refractivity contribution is -1.02. The summed E-state index contributed by atoms with van der Waals surface area (Å²) >= 11 is 0. The van der Waals surface area contributed by atoms with Crippen LogP contribution < -0.4 is 9.13 Å². The van der Waals surface area contributed by atoms with Crippen molar-refractivity contribution in [2.45, 2.75) is 20.1 Å². The van der Waals surface area contributed by atoms with Gasteiger partial charge in [0.2, 0.25) is 24.8 Å². The number of hydrogen-bond donors (Lipinski definition) is 0. The molecule has 72 valence electrons. The van der Waals surface area contributed by atoms with Gasteiger partial charge in [0.1, 0.15) is 6.54 Å². The first kappa shape index (κ1) is 10.1. The number of aromatic nitrogens is 2. The molecule has 0 atom stereocenters. The summed E-state index contributed by atoms with van der Waals surface area (Å²) in [7, 11) is 6.57. The van der Waals surface area contributed by atoms with E-state index in [1.807, 2.05) is 0 Å². The molecular formula is C10H20N3+3. The first-order valence-corrected chi connectivity index (χ1v) is 4.70. The van der Waals surface area contributed by atoms with Gasteiger partial charge >= 0.3 is 0 Å². The quantitative estimate of drug-likeness (QED) is 0.457. The molecule has 0 aliphatic rings. The molecule has 3 nitrogen and oxygen atoms in total. The predicted molar refractivity (Wildman–Crippen MR) is 50.5 cm³/mol. The van der Waals surface area contributed by atoms with Crippen LogP contribution in [0.3, 0.4) is 0 Å². The molecular weight excluding hydrogens is 162 g/mol. The Bertz CT molecular complexity index is 258. The number of aryl methyl sites for hydroxylation is 1. The highest BCUT2D eigenvalue weighted by molar-refractivity contribution is 4.52. The molecule has 0 amide bonds. The molecule has 0 aliphatic heterocycles. The minimum Gasteiger partial charge on any atom is -0.275 e. The highest BCUT2D eigenvalue weighted by Crippen LogP contribution is 1.87. The van der Waals surface area contributed by atoms with Gasteiger partial charge in [-0.05, 0) is 6.92 Å². The summed E-state index contributed by atoms with van der Waals surface area (Å²) < 4.78 is 5.30. The van der Waals surface area contributed by atoms with Gasteiger partial charge in [0.05, 0.1) is 21.1 Å². The van der Waals surface area contributed by atoms with Crippen LogP contribution in [-0.2, 0) is 13.2 Å². The molecule has 0 saturated carbocycles. The second-order valence-electron chi connectivity index (χ2n) is 4.37. The van der Waals surface area contributed by atoms with Crippen molar-refractivity contribution in [3.8, 4) is 0 Å². The molecule has 0 aliphatic carbocycles. The van der Waals surface area contributed by atoms with E-state index in [9.17, 15) is 0 Å². The fourth-order valence-electron chi connectivity index (χ4n) is 1.24. The van der Waals surface area contributed by atoms with E-state index in [1.165, 1.54) is 0 Å². The standard InChI is InChI=1S/C10H20N3/c1-5-11-6-8-12(9-7-11)10-13(2,3)4/h6-9H,5,10H2,1-4H3/q+3. The smallest absolute Gasteiger partial charge is 0.275 e. The van der Waals surface area contributed by atoms with Crippen molar-refractivity contribution in [2.75, 3.05) is 21.1 Å². The zero-order valence-corrected chi connectivity index (χ0v) is 9.07. The average Bonchev–Trinajstić information content (AvgIpc) is 2.03. The molecule has 1 aromatic heterocycles. The molecule has 0 fully saturated rings. The summed E-state index contributed by atoms with van der Waals surface area (Å²) in [5.41, 5.74) is 0. The molecule has 0 bridgehead atoms. The number of rotatable bonds is 3. The molecule has 1 rings (SSSR count). The van der Waals surface area contributed by atoms with E-state index >= 15 is 0 Å². The molecule has 0 saturated heterocycles. The van der Waals surface area contributed by atoms with Gasteiger partial charge in [-0.25, -0.2) is 0 Å². The molecule has 0 N–H and O–H groups in total. The van der Waals surface area contributed by atoms with Crippen molar-refractivity contribution in [1.82, 2.24) is 0 Å². The molecule has 13 heavy (non-hydrogen) atoms. The Morgan fingerprint density at radius 2 is 1.38 bits per heavy atom. The summed E-state index contributed by atoms with van der Waals surface area (Å²) in [6.45, 7) is 4.18. The predicted octanol–water partition coefficient (Wildman–Crippen LogP) is -0.0548. The molecule has 1 aromatic rings. The Morgan fingerprint density at radius 3 is 1.77 bits per heavy atom. The van der Waals surface area contributed by atoms with E-state index < -0.39 is 0 Å². The van der Waals surface area contributed by atoms with Gasteiger partial charge < -0.3 is 0 Å². The Balaban J connectivity index is 2.70. The molecule has 0 unspecified atom stereocenters. The van der Waals surface area contributed by atoms with Crippen LogP contribution in [0.1, 0.15) is 6.92 Å². The van der Waals surface area contributed by atoms with Crippen LogP contribution in [0.5, 0.6) is 0 Å². The van der Waals surface area contributed by atoms with Crippen molar-refractivity contribution >= 4 is 0 Å². The van der Waals surface area contributed by atoms with E-state index in [-0.39, 0.29) is 0 Å². The third kappa shape index (κ3) is 3.51. The van der Waals surface area contributed by atoms with Gasteiger partial charge in [-0.1, -0.05) is 0 Å². The maximum Gasteiger partial charge on any atom is 0.275 e. The largest absolute Gasteiger partial charge is 0.275 e. The van der Waals surface area contributed by atoms with Crippen molar-refractivity contribution in [3.05, 3.63) is 24.8 Å². The third-order valence-corrected chi connectivity index (χ3v) is 1.85. The van der Waals surface area contributed by atoms with Crippen molar-refractivity contribution in [1.29, 1.82) is 0 Å². The minimum atomic E-state index is 0.945. The van der Waals surface area contributed by atoms with Crippen molar-refractivity contribution in [2.24, 2.45) is 0 Å². The summed E-state index contributed by atoms with van der Waals surface area (Å²) in [6, 6.07) is 0. The van der Waals surface area contributed by atoms with Crippen LogP contribution in [0.4, 0.5) is 0 Å². The normalized spacial score (nSPS) is 11.7. The van der Waals surface area contributed by atoms with Gasteiger partial charge in [0.15, 0.2) is 0 Å². The van der Waals surface area contributed by atoms with Gasteiger partial charge in [0.25, 0.3) is 6.67 Å². The number of nitrogens with zero attached hydrogens (tertiary/aromatic N) is 3. The van der Waals surface area contributed by atoms with Gasteiger partial charge in [0, 0.05) is 0 Å². The lowest BCUT2D eigenvalue weighted by atomic mass is 10.6. The zero-order valence-electron chi connectivity index (χ0n) is 9.07. The maximum absolute atomic E-state index is 2.20. The van der Waals surface area contributed by atoms with Crippen LogP contribution in [0.25, 0.3) is 0 Å². The minimum absolute atomic E-state index is 0.945. The Labute approximate surface area is 80.5 Å². The Hall–Kier alpha value is -0.960. The number of quaternary nitrogens is 1. The van der Waals surface area contributed by atoms with Crippen LogP contribution >= 0.6 is 0 Å². The fourth-order valence-corrected chi connectivity index (χ4v) is 1.24. The monoisotopic (exact) mass is 182 g/mol.